The fourth-order valence-electron chi connectivity index (χ4n) is 3.73. The SMILES string of the molecule is C[C@H]1CC(=O)Nc2ccccc2N1C(=O)CN[C@H](c1ccccc1)c1ccco1. The molecule has 2 atom stereocenters. The Labute approximate surface area is 169 Å². The van der Waals surface area contributed by atoms with Gasteiger partial charge in [0.1, 0.15) is 5.76 Å². The summed E-state index contributed by atoms with van der Waals surface area (Å²) < 4.78 is 5.60. The molecule has 2 aromatic carbocycles. The van der Waals surface area contributed by atoms with Gasteiger partial charge in [-0.1, -0.05) is 42.5 Å². The normalized spacial score (nSPS) is 17.2. The van der Waals surface area contributed by atoms with Crippen LogP contribution in [0, 0.1) is 0 Å². The van der Waals surface area contributed by atoms with E-state index in [9.17, 15) is 9.59 Å². The molecule has 0 fully saturated rings. The summed E-state index contributed by atoms with van der Waals surface area (Å²) in [4.78, 5) is 27.1. The van der Waals surface area contributed by atoms with Crippen LogP contribution in [0.25, 0.3) is 0 Å². The van der Waals surface area contributed by atoms with Gasteiger partial charge in [0.25, 0.3) is 0 Å². The van der Waals surface area contributed by atoms with Crippen LogP contribution < -0.4 is 15.5 Å². The maximum atomic E-state index is 13.2. The molecule has 6 nitrogen and oxygen atoms in total. The highest BCUT2D eigenvalue weighted by atomic mass is 16.3. The monoisotopic (exact) mass is 389 g/mol. The molecule has 0 unspecified atom stereocenters. The molecule has 1 aliphatic heterocycles. The van der Waals surface area contributed by atoms with E-state index < -0.39 is 0 Å². The summed E-state index contributed by atoms with van der Waals surface area (Å²) in [6.45, 7) is 1.99. The first kappa shape index (κ1) is 19.0. The maximum absolute atomic E-state index is 13.2. The number of rotatable bonds is 5. The first-order valence-corrected chi connectivity index (χ1v) is 9.66. The first-order chi connectivity index (χ1) is 14.1. The van der Waals surface area contributed by atoms with Crippen molar-refractivity contribution < 1.29 is 14.0 Å². The van der Waals surface area contributed by atoms with Gasteiger partial charge in [0.2, 0.25) is 11.8 Å². The van der Waals surface area contributed by atoms with E-state index in [2.05, 4.69) is 10.6 Å². The van der Waals surface area contributed by atoms with Gasteiger partial charge in [0, 0.05) is 12.5 Å². The number of nitrogens with zero attached hydrogens (tertiary/aromatic N) is 1. The highest BCUT2D eigenvalue weighted by Gasteiger charge is 2.30. The number of para-hydroxylation sites is 2. The van der Waals surface area contributed by atoms with Gasteiger partial charge in [-0.15, -0.1) is 0 Å². The second-order valence-corrected chi connectivity index (χ2v) is 7.12. The fraction of sp³-hybridized carbons (Fsp3) is 0.217. The van der Waals surface area contributed by atoms with Crippen LogP contribution in [-0.2, 0) is 9.59 Å². The number of amides is 2. The quantitative estimate of drug-likeness (QED) is 0.697. The van der Waals surface area contributed by atoms with Gasteiger partial charge in [0.15, 0.2) is 0 Å². The second-order valence-electron chi connectivity index (χ2n) is 7.12. The van der Waals surface area contributed by atoms with Crippen molar-refractivity contribution in [3.8, 4) is 0 Å². The number of carbonyl (C=O) groups is 2. The molecule has 4 rings (SSSR count). The summed E-state index contributed by atoms with van der Waals surface area (Å²) in [5.41, 5.74) is 2.38. The van der Waals surface area contributed by atoms with Crippen LogP contribution in [0.2, 0.25) is 0 Å². The summed E-state index contributed by atoms with van der Waals surface area (Å²) >= 11 is 0. The highest BCUT2D eigenvalue weighted by Crippen LogP contribution is 2.31. The molecule has 0 spiro atoms. The lowest BCUT2D eigenvalue weighted by atomic mass is 10.0. The molecule has 0 saturated carbocycles. The van der Waals surface area contributed by atoms with E-state index in [1.165, 1.54) is 0 Å². The standard InChI is InChI=1S/C23H23N3O3/c1-16-14-21(27)25-18-10-5-6-11-19(18)26(16)22(28)15-24-23(20-12-7-13-29-20)17-8-3-2-4-9-17/h2-13,16,23-24H,14-15H2,1H3,(H,25,27)/t16-,23+/m0/s1. The Morgan fingerprint density at radius 1 is 1.14 bits per heavy atom. The van der Waals surface area contributed by atoms with Crippen molar-refractivity contribution in [2.75, 3.05) is 16.8 Å². The lowest BCUT2D eigenvalue weighted by Gasteiger charge is -2.29. The average molecular weight is 389 g/mol. The molecule has 0 saturated heterocycles. The third-order valence-corrected chi connectivity index (χ3v) is 5.05. The molecule has 0 bridgehead atoms. The number of fused-ring (bicyclic) bond motifs is 1. The summed E-state index contributed by atoms with van der Waals surface area (Å²) in [6.07, 6.45) is 1.87. The van der Waals surface area contributed by atoms with E-state index in [4.69, 9.17) is 4.42 Å². The molecule has 0 radical (unpaired) electrons. The van der Waals surface area contributed by atoms with Gasteiger partial charge in [-0.3, -0.25) is 14.9 Å². The second kappa shape index (κ2) is 8.32. The maximum Gasteiger partial charge on any atom is 0.241 e. The Kier molecular flexibility index (Phi) is 5.44. The van der Waals surface area contributed by atoms with Crippen molar-refractivity contribution in [2.45, 2.75) is 25.4 Å². The van der Waals surface area contributed by atoms with Crippen LogP contribution in [0.15, 0.2) is 77.4 Å². The molecule has 2 heterocycles. The number of anilines is 2. The fourth-order valence-corrected chi connectivity index (χ4v) is 3.73. The van der Waals surface area contributed by atoms with Gasteiger partial charge in [-0.25, -0.2) is 0 Å². The van der Waals surface area contributed by atoms with E-state index in [1.807, 2.05) is 73.7 Å². The first-order valence-electron chi connectivity index (χ1n) is 9.66. The molecule has 3 aromatic rings. The van der Waals surface area contributed by atoms with Crippen LogP contribution in [0.4, 0.5) is 11.4 Å². The zero-order valence-corrected chi connectivity index (χ0v) is 16.2. The molecule has 0 aliphatic carbocycles. The Morgan fingerprint density at radius 2 is 1.90 bits per heavy atom. The van der Waals surface area contributed by atoms with Crippen LogP contribution in [0.5, 0.6) is 0 Å². The predicted octanol–water partition coefficient (Wildman–Crippen LogP) is 3.72. The number of nitrogens with one attached hydrogen (secondary N) is 2. The third-order valence-electron chi connectivity index (χ3n) is 5.05. The van der Waals surface area contributed by atoms with Crippen LogP contribution in [0.3, 0.4) is 0 Å². The predicted molar refractivity (Wildman–Crippen MR) is 112 cm³/mol. The van der Waals surface area contributed by atoms with Gasteiger partial charge >= 0.3 is 0 Å². The smallest absolute Gasteiger partial charge is 0.241 e. The Morgan fingerprint density at radius 3 is 2.66 bits per heavy atom. The zero-order chi connectivity index (χ0) is 20.2. The zero-order valence-electron chi connectivity index (χ0n) is 16.2. The Hall–Kier alpha value is -3.38. The third kappa shape index (κ3) is 4.07. The summed E-state index contributed by atoms with van der Waals surface area (Å²) in [5.74, 6) is 0.546. The van der Waals surface area contributed by atoms with E-state index in [0.717, 1.165) is 11.3 Å². The number of hydrogen-bond acceptors (Lipinski definition) is 4. The van der Waals surface area contributed by atoms with Crippen LogP contribution >= 0.6 is 0 Å². The minimum absolute atomic E-state index is 0.0917. The van der Waals surface area contributed by atoms with Crippen molar-refractivity contribution in [3.63, 3.8) is 0 Å². The number of hydrogen-bond donors (Lipinski definition) is 2. The van der Waals surface area contributed by atoms with Gasteiger partial charge in [-0.05, 0) is 36.8 Å². The minimum Gasteiger partial charge on any atom is -0.467 e. The molecule has 1 aliphatic rings. The molecule has 29 heavy (non-hydrogen) atoms. The summed E-state index contributed by atoms with van der Waals surface area (Å²) in [6, 6.07) is 20.5. The summed E-state index contributed by atoms with van der Waals surface area (Å²) in [5, 5.41) is 6.21. The highest BCUT2D eigenvalue weighted by molar-refractivity contribution is 6.04. The Balaban J connectivity index is 1.57. The number of carbonyl (C=O) groups excluding carboxylic acids is 2. The average Bonchev–Trinajstić information content (AvgIpc) is 3.20. The number of furan rings is 1. The molecular weight excluding hydrogens is 366 g/mol. The van der Waals surface area contributed by atoms with Crippen molar-refractivity contribution >= 4 is 23.2 Å². The van der Waals surface area contributed by atoms with E-state index >= 15 is 0 Å². The van der Waals surface area contributed by atoms with Crippen LogP contribution in [-0.4, -0.2) is 24.4 Å². The van der Waals surface area contributed by atoms with Crippen molar-refractivity contribution in [1.82, 2.24) is 5.32 Å². The number of benzene rings is 2. The van der Waals surface area contributed by atoms with Crippen LogP contribution in [0.1, 0.15) is 30.7 Å². The van der Waals surface area contributed by atoms with E-state index in [0.29, 0.717) is 11.4 Å². The van der Waals surface area contributed by atoms with Gasteiger partial charge in [0.05, 0.1) is 30.2 Å². The Bertz CT molecular complexity index is 986. The van der Waals surface area contributed by atoms with E-state index in [-0.39, 0.29) is 36.9 Å². The molecule has 6 heteroatoms. The topological polar surface area (TPSA) is 74.6 Å². The molecular formula is C23H23N3O3. The van der Waals surface area contributed by atoms with Gasteiger partial charge < -0.3 is 14.6 Å². The molecule has 148 valence electrons. The summed E-state index contributed by atoms with van der Waals surface area (Å²) in [7, 11) is 0. The lowest BCUT2D eigenvalue weighted by molar-refractivity contribution is -0.118. The van der Waals surface area contributed by atoms with Gasteiger partial charge in [-0.2, -0.15) is 0 Å². The largest absolute Gasteiger partial charge is 0.467 e. The van der Waals surface area contributed by atoms with E-state index in [1.54, 1.807) is 11.2 Å². The molecule has 1 aromatic heterocycles. The molecule has 2 N–H and O–H groups in total. The van der Waals surface area contributed by atoms with Crippen molar-refractivity contribution in [3.05, 3.63) is 84.3 Å². The molecule has 2 amide bonds. The van der Waals surface area contributed by atoms with Crippen molar-refractivity contribution in [2.24, 2.45) is 0 Å². The van der Waals surface area contributed by atoms with Crippen molar-refractivity contribution in [1.29, 1.82) is 0 Å². The lowest BCUT2D eigenvalue weighted by Crippen LogP contribution is -2.44. The minimum atomic E-state index is -0.244.